The Morgan fingerprint density at radius 2 is 2.12 bits per heavy atom. The number of nitrogens with one attached hydrogen (secondary N) is 1. The summed E-state index contributed by atoms with van der Waals surface area (Å²) >= 11 is 0. The molecule has 3 N–H and O–H groups in total. The fourth-order valence-corrected chi connectivity index (χ4v) is 2.14. The molecule has 0 saturated carbocycles. The zero-order valence-corrected chi connectivity index (χ0v) is 9.29. The van der Waals surface area contributed by atoms with E-state index in [1.807, 2.05) is 19.1 Å². The van der Waals surface area contributed by atoms with E-state index in [0.29, 0.717) is 31.8 Å². The zero-order valence-electron chi connectivity index (χ0n) is 9.29. The van der Waals surface area contributed by atoms with Gasteiger partial charge >= 0.3 is 0 Å². The van der Waals surface area contributed by atoms with Crippen molar-refractivity contribution in [2.75, 3.05) is 13.2 Å². The lowest BCUT2D eigenvalue weighted by molar-refractivity contribution is -0.131. The number of carbonyl (C=O) groups is 1. The van der Waals surface area contributed by atoms with E-state index in [1.54, 1.807) is 0 Å². The standard InChI is InChI=1S/C11H16N2O3/c1-8-2-3-9(16-8)11(10(14)13-12)4-6-15-7-5-11/h2-3H,4-7,12H2,1H3,(H,13,14). The van der Waals surface area contributed by atoms with Crippen molar-refractivity contribution in [3.8, 4) is 0 Å². The van der Waals surface area contributed by atoms with Crippen molar-refractivity contribution >= 4 is 5.91 Å². The van der Waals surface area contributed by atoms with Crippen LogP contribution in [0.4, 0.5) is 0 Å². The van der Waals surface area contributed by atoms with Gasteiger partial charge in [-0.05, 0) is 31.9 Å². The van der Waals surface area contributed by atoms with E-state index in [-0.39, 0.29) is 5.91 Å². The average molecular weight is 224 g/mol. The third-order valence-electron chi connectivity index (χ3n) is 3.12. The lowest BCUT2D eigenvalue weighted by Crippen LogP contribution is -2.50. The molecule has 0 aromatic carbocycles. The molecule has 0 aliphatic carbocycles. The first-order valence-corrected chi connectivity index (χ1v) is 5.35. The van der Waals surface area contributed by atoms with Crippen LogP contribution in [0.3, 0.4) is 0 Å². The first-order chi connectivity index (χ1) is 7.69. The first-order valence-electron chi connectivity index (χ1n) is 5.35. The van der Waals surface area contributed by atoms with E-state index in [1.165, 1.54) is 0 Å². The summed E-state index contributed by atoms with van der Waals surface area (Å²) in [5.41, 5.74) is 1.56. The highest BCUT2D eigenvalue weighted by molar-refractivity contribution is 5.87. The van der Waals surface area contributed by atoms with Gasteiger partial charge in [0.2, 0.25) is 5.91 Å². The summed E-state index contributed by atoms with van der Waals surface area (Å²) in [7, 11) is 0. The number of hydrogen-bond donors (Lipinski definition) is 2. The van der Waals surface area contributed by atoms with E-state index < -0.39 is 5.41 Å². The Labute approximate surface area is 93.9 Å². The molecule has 1 aromatic heterocycles. The van der Waals surface area contributed by atoms with Gasteiger partial charge < -0.3 is 9.15 Å². The van der Waals surface area contributed by atoms with E-state index in [4.69, 9.17) is 15.0 Å². The average Bonchev–Trinajstić information content (AvgIpc) is 2.76. The maximum Gasteiger partial charge on any atom is 0.247 e. The molecule has 1 aromatic rings. The number of hydrogen-bond acceptors (Lipinski definition) is 4. The van der Waals surface area contributed by atoms with E-state index in [0.717, 1.165) is 5.76 Å². The lowest BCUT2D eigenvalue weighted by atomic mass is 9.77. The van der Waals surface area contributed by atoms with Gasteiger partial charge in [0, 0.05) is 13.2 Å². The van der Waals surface area contributed by atoms with Crippen molar-refractivity contribution in [3.05, 3.63) is 23.7 Å². The Kier molecular flexibility index (Phi) is 2.98. The fraction of sp³-hybridized carbons (Fsp3) is 0.545. The van der Waals surface area contributed by atoms with Crippen LogP contribution in [0.1, 0.15) is 24.4 Å². The smallest absolute Gasteiger partial charge is 0.247 e. The van der Waals surface area contributed by atoms with Gasteiger partial charge in [0.05, 0.1) is 0 Å². The second kappa shape index (κ2) is 4.27. The molecule has 0 radical (unpaired) electrons. The zero-order chi connectivity index (χ0) is 11.6. The molecule has 2 heterocycles. The summed E-state index contributed by atoms with van der Waals surface area (Å²) in [6.45, 7) is 2.96. The first kappa shape index (κ1) is 11.2. The van der Waals surface area contributed by atoms with E-state index in [2.05, 4.69) is 5.43 Å². The number of aryl methyl sites for hydroxylation is 1. The fourth-order valence-electron chi connectivity index (χ4n) is 2.14. The van der Waals surface area contributed by atoms with Crippen LogP contribution in [0.2, 0.25) is 0 Å². The van der Waals surface area contributed by atoms with Crippen molar-refractivity contribution in [2.24, 2.45) is 5.84 Å². The number of ether oxygens (including phenoxy) is 1. The SMILES string of the molecule is Cc1ccc(C2(C(=O)NN)CCOCC2)o1. The van der Waals surface area contributed by atoms with E-state index in [9.17, 15) is 4.79 Å². The van der Waals surface area contributed by atoms with Gasteiger partial charge in [-0.15, -0.1) is 0 Å². The summed E-state index contributed by atoms with van der Waals surface area (Å²) in [4.78, 5) is 11.9. The van der Waals surface area contributed by atoms with Crippen molar-refractivity contribution in [1.29, 1.82) is 0 Å². The minimum atomic E-state index is -0.665. The van der Waals surface area contributed by atoms with Crippen molar-refractivity contribution < 1.29 is 13.9 Å². The third-order valence-corrected chi connectivity index (χ3v) is 3.12. The minimum Gasteiger partial charge on any atom is -0.465 e. The maximum atomic E-state index is 11.9. The monoisotopic (exact) mass is 224 g/mol. The molecule has 5 heteroatoms. The largest absolute Gasteiger partial charge is 0.465 e. The van der Waals surface area contributed by atoms with Crippen LogP contribution < -0.4 is 11.3 Å². The number of carbonyl (C=O) groups excluding carboxylic acids is 1. The van der Waals surface area contributed by atoms with Gasteiger partial charge in [0.25, 0.3) is 0 Å². The molecule has 2 rings (SSSR count). The second-order valence-corrected chi connectivity index (χ2v) is 4.08. The summed E-state index contributed by atoms with van der Waals surface area (Å²) in [5.74, 6) is 6.52. The summed E-state index contributed by atoms with van der Waals surface area (Å²) in [6.07, 6.45) is 1.20. The highest BCUT2D eigenvalue weighted by Gasteiger charge is 2.44. The molecular weight excluding hydrogens is 208 g/mol. The van der Waals surface area contributed by atoms with Crippen molar-refractivity contribution in [3.63, 3.8) is 0 Å². The predicted molar refractivity (Wildman–Crippen MR) is 57.5 cm³/mol. The lowest BCUT2D eigenvalue weighted by Gasteiger charge is -2.33. The topological polar surface area (TPSA) is 77.5 Å². The Bertz CT molecular complexity index is 380. The van der Waals surface area contributed by atoms with Crippen LogP contribution in [0.5, 0.6) is 0 Å². The summed E-state index contributed by atoms with van der Waals surface area (Å²) < 4.78 is 10.9. The van der Waals surface area contributed by atoms with Gasteiger partial charge in [-0.3, -0.25) is 10.2 Å². The molecule has 0 atom stereocenters. The Balaban J connectivity index is 2.37. The highest BCUT2D eigenvalue weighted by Crippen LogP contribution is 2.35. The predicted octanol–water partition coefficient (Wildman–Crippen LogP) is 0.626. The Morgan fingerprint density at radius 3 is 2.62 bits per heavy atom. The molecule has 1 saturated heterocycles. The molecule has 0 bridgehead atoms. The molecule has 1 amide bonds. The van der Waals surface area contributed by atoms with Crippen molar-refractivity contribution in [1.82, 2.24) is 5.43 Å². The van der Waals surface area contributed by atoms with Crippen LogP contribution in [0, 0.1) is 6.92 Å². The van der Waals surface area contributed by atoms with Crippen molar-refractivity contribution in [2.45, 2.75) is 25.2 Å². The molecule has 1 aliphatic rings. The van der Waals surface area contributed by atoms with Gasteiger partial charge in [-0.25, -0.2) is 5.84 Å². The molecule has 1 fully saturated rings. The van der Waals surface area contributed by atoms with E-state index >= 15 is 0 Å². The quantitative estimate of drug-likeness (QED) is 0.438. The number of nitrogens with two attached hydrogens (primary N) is 1. The molecular formula is C11H16N2O3. The van der Waals surface area contributed by atoms with Gasteiger partial charge in [0.15, 0.2) is 0 Å². The molecule has 0 unspecified atom stereocenters. The normalized spacial score (nSPS) is 19.4. The maximum absolute atomic E-state index is 11.9. The van der Waals surface area contributed by atoms with Gasteiger partial charge in [-0.2, -0.15) is 0 Å². The number of hydrazine groups is 1. The van der Waals surface area contributed by atoms with Crippen LogP contribution >= 0.6 is 0 Å². The molecule has 0 spiro atoms. The van der Waals surface area contributed by atoms with Gasteiger partial charge in [0.1, 0.15) is 16.9 Å². The number of rotatable bonds is 2. The minimum absolute atomic E-state index is 0.204. The summed E-state index contributed by atoms with van der Waals surface area (Å²) in [5, 5.41) is 0. The van der Waals surface area contributed by atoms with Crippen LogP contribution in [-0.4, -0.2) is 19.1 Å². The molecule has 1 aliphatic heterocycles. The van der Waals surface area contributed by atoms with Crippen LogP contribution in [0.25, 0.3) is 0 Å². The summed E-state index contributed by atoms with van der Waals surface area (Å²) in [6, 6.07) is 3.70. The second-order valence-electron chi connectivity index (χ2n) is 4.08. The number of furan rings is 1. The number of amides is 1. The Morgan fingerprint density at radius 1 is 1.44 bits per heavy atom. The van der Waals surface area contributed by atoms with Gasteiger partial charge in [-0.1, -0.05) is 0 Å². The molecule has 16 heavy (non-hydrogen) atoms. The molecule has 88 valence electrons. The third kappa shape index (κ3) is 1.72. The highest BCUT2D eigenvalue weighted by atomic mass is 16.5. The molecule has 5 nitrogen and oxygen atoms in total. The van der Waals surface area contributed by atoms with Crippen LogP contribution in [-0.2, 0) is 14.9 Å². The van der Waals surface area contributed by atoms with Crippen LogP contribution in [0.15, 0.2) is 16.5 Å². The Hall–Kier alpha value is -1.33.